The third-order valence-corrected chi connectivity index (χ3v) is 4.20. The molecule has 8 heteroatoms. The van der Waals surface area contributed by atoms with Gasteiger partial charge in [0.25, 0.3) is 0 Å². The summed E-state index contributed by atoms with van der Waals surface area (Å²) in [7, 11) is 3.59. The second-order valence-electron chi connectivity index (χ2n) is 5.93. The number of hydrogen-bond acceptors (Lipinski definition) is 4. The van der Waals surface area contributed by atoms with E-state index in [4.69, 9.17) is 4.74 Å². The average Bonchev–Trinajstić information content (AvgIpc) is 3.28. The molecule has 0 spiro atoms. The van der Waals surface area contributed by atoms with Crippen molar-refractivity contribution in [3.63, 3.8) is 0 Å². The quantitative estimate of drug-likeness (QED) is 0.423. The largest absolute Gasteiger partial charge is 0.384 e. The lowest BCUT2D eigenvalue weighted by atomic mass is 10.1. The smallest absolute Gasteiger partial charge is 0.193 e. The van der Waals surface area contributed by atoms with E-state index in [2.05, 4.69) is 25.3 Å². The SMILES string of the molecule is CN=C(NCc1ccnc(-n2cccn2)c1)N1CCC(COC)C1.I. The van der Waals surface area contributed by atoms with Crippen LogP contribution in [0.5, 0.6) is 0 Å². The molecule has 1 aliphatic rings. The fourth-order valence-corrected chi connectivity index (χ4v) is 3.01. The van der Waals surface area contributed by atoms with E-state index in [1.165, 1.54) is 0 Å². The minimum Gasteiger partial charge on any atom is -0.384 e. The fraction of sp³-hybridized carbons (Fsp3) is 0.471. The molecule has 1 fully saturated rings. The zero-order valence-electron chi connectivity index (χ0n) is 14.6. The van der Waals surface area contributed by atoms with E-state index in [0.717, 1.165) is 43.5 Å². The van der Waals surface area contributed by atoms with E-state index in [1.807, 2.05) is 31.4 Å². The monoisotopic (exact) mass is 456 g/mol. The number of pyridine rings is 1. The maximum Gasteiger partial charge on any atom is 0.193 e. The summed E-state index contributed by atoms with van der Waals surface area (Å²) in [5.74, 6) is 2.34. The molecule has 0 radical (unpaired) electrons. The van der Waals surface area contributed by atoms with Crippen molar-refractivity contribution >= 4 is 29.9 Å². The number of aromatic nitrogens is 3. The Balaban J connectivity index is 0.00000225. The second-order valence-corrected chi connectivity index (χ2v) is 5.93. The van der Waals surface area contributed by atoms with Crippen LogP contribution in [0.1, 0.15) is 12.0 Å². The zero-order chi connectivity index (χ0) is 16.8. The lowest BCUT2D eigenvalue weighted by Gasteiger charge is -2.21. The molecule has 3 rings (SSSR count). The number of rotatable bonds is 5. The van der Waals surface area contributed by atoms with Gasteiger partial charge in [-0.3, -0.25) is 4.99 Å². The van der Waals surface area contributed by atoms with Gasteiger partial charge < -0.3 is 15.0 Å². The first kappa shape index (κ1) is 19.6. The summed E-state index contributed by atoms with van der Waals surface area (Å²) in [6, 6.07) is 5.92. The van der Waals surface area contributed by atoms with E-state index in [0.29, 0.717) is 12.5 Å². The van der Waals surface area contributed by atoms with Gasteiger partial charge >= 0.3 is 0 Å². The molecular weight excluding hydrogens is 431 g/mol. The zero-order valence-corrected chi connectivity index (χ0v) is 17.0. The molecular formula is C17H25IN6O. The molecule has 2 aromatic rings. The van der Waals surface area contributed by atoms with E-state index in [-0.39, 0.29) is 24.0 Å². The molecule has 1 atom stereocenters. The van der Waals surface area contributed by atoms with Crippen LogP contribution in [0.15, 0.2) is 41.8 Å². The van der Waals surface area contributed by atoms with Crippen molar-refractivity contribution < 1.29 is 4.74 Å². The fourth-order valence-electron chi connectivity index (χ4n) is 3.01. The van der Waals surface area contributed by atoms with E-state index in [1.54, 1.807) is 24.2 Å². The first-order valence-corrected chi connectivity index (χ1v) is 8.19. The number of halogens is 1. The molecule has 1 saturated heterocycles. The van der Waals surface area contributed by atoms with Crippen molar-refractivity contribution in [1.82, 2.24) is 25.0 Å². The molecule has 0 saturated carbocycles. The van der Waals surface area contributed by atoms with E-state index < -0.39 is 0 Å². The summed E-state index contributed by atoms with van der Waals surface area (Å²) in [6.07, 6.45) is 6.59. The number of nitrogens with one attached hydrogen (secondary N) is 1. The van der Waals surface area contributed by atoms with Gasteiger partial charge in [0, 0.05) is 58.3 Å². The first-order chi connectivity index (χ1) is 11.8. The summed E-state index contributed by atoms with van der Waals surface area (Å²) in [5.41, 5.74) is 1.14. The molecule has 25 heavy (non-hydrogen) atoms. The summed E-state index contributed by atoms with van der Waals surface area (Å²) < 4.78 is 7.02. The summed E-state index contributed by atoms with van der Waals surface area (Å²) >= 11 is 0. The molecule has 0 bridgehead atoms. The predicted octanol–water partition coefficient (Wildman–Crippen LogP) is 1.93. The third kappa shape index (κ3) is 5.15. The molecule has 2 aromatic heterocycles. The van der Waals surface area contributed by atoms with Crippen LogP contribution in [-0.4, -0.2) is 59.5 Å². The summed E-state index contributed by atoms with van der Waals surface area (Å²) in [6.45, 7) is 3.52. The summed E-state index contributed by atoms with van der Waals surface area (Å²) in [5, 5.41) is 7.66. The molecule has 1 aliphatic heterocycles. The van der Waals surface area contributed by atoms with Crippen LogP contribution in [0.4, 0.5) is 0 Å². The van der Waals surface area contributed by atoms with Crippen LogP contribution in [0.2, 0.25) is 0 Å². The van der Waals surface area contributed by atoms with Gasteiger partial charge in [-0.25, -0.2) is 9.67 Å². The van der Waals surface area contributed by atoms with Gasteiger partial charge in [-0.15, -0.1) is 24.0 Å². The number of methoxy groups -OCH3 is 1. The Morgan fingerprint density at radius 2 is 2.32 bits per heavy atom. The van der Waals surface area contributed by atoms with Gasteiger partial charge in [-0.1, -0.05) is 0 Å². The number of likely N-dealkylation sites (tertiary alicyclic amines) is 1. The molecule has 0 aliphatic carbocycles. The van der Waals surface area contributed by atoms with Crippen LogP contribution >= 0.6 is 24.0 Å². The van der Waals surface area contributed by atoms with Crippen molar-refractivity contribution in [3.8, 4) is 5.82 Å². The highest BCUT2D eigenvalue weighted by Crippen LogP contribution is 2.16. The molecule has 1 N–H and O–H groups in total. The second kappa shape index (κ2) is 9.71. The van der Waals surface area contributed by atoms with E-state index >= 15 is 0 Å². The van der Waals surface area contributed by atoms with Gasteiger partial charge in [-0.05, 0) is 30.2 Å². The van der Waals surface area contributed by atoms with Crippen LogP contribution in [0.25, 0.3) is 5.82 Å². The molecule has 3 heterocycles. The number of ether oxygens (including phenoxy) is 1. The molecule has 1 unspecified atom stereocenters. The van der Waals surface area contributed by atoms with E-state index in [9.17, 15) is 0 Å². The minimum absolute atomic E-state index is 0. The first-order valence-electron chi connectivity index (χ1n) is 8.19. The van der Waals surface area contributed by atoms with Crippen molar-refractivity contribution in [2.24, 2.45) is 10.9 Å². The Hall–Kier alpha value is -1.68. The number of nitrogens with zero attached hydrogens (tertiary/aromatic N) is 5. The number of hydrogen-bond donors (Lipinski definition) is 1. The van der Waals surface area contributed by atoms with Gasteiger partial charge in [0.15, 0.2) is 11.8 Å². The minimum atomic E-state index is 0. The van der Waals surface area contributed by atoms with Gasteiger partial charge in [-0.2, -0.15) is 5.10 Å². The Kier molecular flexibility index (Phi) is 7.63. The highest BCUT2D eigenvalue weighted by molar-refractivity contribution is 14.0. The normalized spacial score (nSPS) is 17.4. The molecule has 7 nitrogen and oxygen atoms in total. The highest BCUT2D eigenvalue weighted by Gasteiger charge is 2.24. The van der Waals surface area contributed by atoms with Crippen molar-refractivity contribution in [2.75, 3.05) is 33.9 Å². The predicted molar refractivity (Wildman–Crippen MR) is 109 cm³/mol. The Bertz CT molecular complexity index is 676. The Morgan fingerprint density at radius 1 is 1.44 bits per heavy atom. The maximum absolute atomic E-state index is 5.26. The lowest BCUT2D eigenvalue weighted by molar-refractivity contribution is 0.157. The average molecular weight is 456 g/mol. The van der Waals surface area contributed by atoms with Gasteiger partial charge in [0.1, 0.15) is 0 Å². The molecule has 0 amide bonds. The Morgan fingerprint density at radius 3 is 3.04 bits per heavy atom. The lowest BCUT2D eigenvalue weighted by Crippen LogP contribution is -2.39. The molecule has 0 aromatic carbocycles. The number of aliphatic imine (C=N–C) groups is 1. The van der Waals surface area contributed by atoms with Crippen molar-refractivity contribution in [3.05, 3.63) is 42.4 Å². The van der Waals surface area contributed by atoms with Crippen molar-refractivity contribution in [1.29, 1.82) is 0 Å². The summed E-state index contributed by atoms with van der Waals surface area (Å²) in [4.78, 5) is 11.1. The van der Waals surface area contributed by atoms with Crippen LogP contribution < -0.4 is 5.32 Å². The Labute approximate surface area is 165 Å². The van der Waals surface area contributed by atoms with Gasteiger partial charge in [0.05, 0.1) is 6.61 Å². The maximum atomic E-state index is 5.26. The van der Waals surface area contributed by atoms with Gasteiger partial charge in [0.2, 0.25) is 0 Å². The molecule has 136 valence electrons. The standard InChI is InChI=1S/C17H24N6O.HI/c1-18-17(22-9-5-15(12-22)13-24-2)20-11-14-4-7-19-16(10-14)23-8-3-6-21-23;/h3-4,6-8,10,15H,5,9,11-13H2,1-2H3,(H,18,20);1H. The topological polar surface area (TPSA) is 67.6 Å². The van der Waals surface area contributed by atoms with Crippen molar-refractivity contribution in [2.45, 2.75) is 13.0 Å². The third-order valence-electron chi connectivity index (χ3n) is 4.20. The number of guanidine groups is 1. The van der Waals surface area contributed by atoms with Crippen LogP contribution in [0, 0.1) is 5.92 Å². The van der Waals surface area contributed by atoms with Crippen LogP contribution in [-0.2, 0) is 11.3 Å². The van der Waals surface area contributed by atoms with Crippen LogP contribution in [0.3, 0.4) is 0 Å². The highest BCUT2D eigenvalue weighted by atomic mass is 127.